The fourth-order valence-corrected chi connectivity index (χ4v) is 4.55. The van der Waals surface area contributed by atoms with Crippen molar-refractivity contribution in [1.82, 2.24) is 14.6 Å². The topological polar surface area (TPSA) is 72.3 Å². The van der Waals surface area contributed by atoms with Crippen LogP contribution in [-0.4, -0.2) is 28.0 Å². The summed E-state index contributed by atoms with van der Waals surface area (Å²) in [6, 6.07) is 19.5. The summed E-state index contributed by atoms with van der Waals surface area (Å²) in [6.07, 6.45) is 1.75. The van der Waals surface area contributed by atoms with E-state index in [2.05, 4.69) is 24.9 Å². The highest BCUT2D eigenvalue weighted by molar-refractivity contribution is 6.00. The van der Waals surface area contributed by atoms with Gasteiger partial charge in [-0.25, -0.2) is 4.98 Å². The van der Waals surface area contributed by atoms with Gasteiger partial charge in [-0.05, 0) is 61.2 Å². The second-order valence-corrected chi connectivity index (χ2v) is 9.09. The molecule has 0 aliphatic carbocycles. The Bertz CT molecular complexity index is 1660. The number of aromatic amines is 1. The number of H-pyrrole nitrogens is 1. The molecule has 35 heavy (non-hydrogen) atoms. The number of methoxy groups -OCH3 is 1. The number of ether oxygens (including phenoxy) is 1. The fourth-order valence-electron chi connectivity index (χ4n) is 4.55. The van der Waals surface area contributed by atoms with Crippen molar-refractivity contribution in [2.75, 3.05) is 7.11 Å². The third-order valence-corrected chi connectivity index (χ3v) is 6.44. The average Bonchev–Trinajstić information content (AvgIpc) is 3.18. The molecule has 0 saturated carbocycles. The Labute approximate surface area is 203 Å². The molecule has 0 amide bonds. The number of nitrogens with zero attached hydrogens (tertiary/aromatic N) is 3. The molecule has 0 fully saturated rings. The SMILES string of the molecule is COc1cc(C)c(-c2nc3ccccc3c(=O)n2N=Cc2c(C)[nH]c3ccccc23)cc1C(C)C. The molecule has 0 aliphatic heterocycles. The third-order valence-electron chi connectivity index (χ3n) is 6.44. The summed E-state index contributed by atoms with van der Waals surface area (Å²) in [5.41, 5.74) is 6.26. The standard InChI is InChI=1S/C29H28N4O2/c1-17(2)22-15-23(18(3)14-27(22)35-5)28-32-26-13-9-7-11-21(26)29(34)33(28)30-16-24-19(4)31-25-12-8-6-10-20(24)25/h6-17,31H,1-5H3. The van der Waals surface area contributed by atoms with Crippen molar-refractivity contribution in [3.8, 4) is 17.1 Å². The number of hydrogen-bond acceptors (Lipinski definition) is 4. The van der Waals surface area contributed by atoms with E-state index in [-0.39, 0.29) is 11.5 Å². The van der Waals surface area contributed by atoms with E-state index in [9.17, 15) is 4.79 Å². The van der Waals surface area contributed by atoms with Crippen LogP contribution in [-0.2, 0) is 0 Å². The lowest BCUT2D eigenvalue weighted by atomic mass is 9.96. The molecule has 0 aliphatic rings. The number of aromatic nitrogens is 3. The van der Waals surface area contributed by atoms with E-state index < -0.39 is 0 Å². The van der Waals surface area contributed by atoms with E-state index in [0.717, 1.165) is 44.6 Å². The van der Waals surface area contributed by atoms with Gasteiger partial charge in [0, 0.05) is 27.7 Å². The number of nitrogens with one attached hydrogen (secondary N) is 1. The van der Waals surface area contributed by atoms with E-state index in [4.69, 9.17) is 14.8 Å². The number of aryl methyl sites for hydroxylation is 2. The highest BCUT2D eigenvalue weighted by atomic mass is 16.5. The first-order valence-corrected chi connectivity index (χ1v) is 11.7. The number of rotatable bonds is 5. The monoisotopic (exact) mass is 464 g/mol. The van der Waals surface area contributed by atoms with Crippen molar-refractivity contribution in [2.45, 2.75) is 33.6 Å². The van der Waals surface area contributed by atoms with Gasteiger partial charge in [0.05, 0.1) is 24.2 Å². The molecule has 5 rings (SSSR count). The van der Waals surface area contributed by atoms with Crippen LogP contribution in [0.5, 0.6) is 5.75 Å². The van der Waals surface area contributed by atoms with Gasteiger partial charge in [-0.15, -0.1) is 0 Å². The van der Waals surface area contributed by atoms with Gasteiger partial charge in [0.15, 0.2) is 5.82 Å². The Hall–Kier alpha value is -4.19. The molecule has 0 atom stereocenters. The molecule has 2 aromatic heterocycles. The van der Waals surface area contributed by atoms with E-state index in [1.54, 1.807) is 19.4 Å². The summed E-state index contributed by atoms with van der Waals surface area (Å²) in [7, 11) is 1.68. The number of hydrogen-bond donors (Lipinski definition) is 1. The molecule has 5 aromatic rings. The Morgan fingerprint density at radius 1 is 1.03 bits per heavy atom. The second kappa shape index (κ2) is 8.87. The summed E-state index contributed by atoms with van der Waals surface area (Å²) in [6.45, 7) is 8.25. The molecule has 1 N–H and O–H groups in total. The van der Waals surface area contributed by atoms with Crippen molar-refractivity contribution in [3.63, 3.8) is 0 Å². The van der Waals surface area contributed by atoms with Crippen LogP contribution in [0.2, 0.25) is 0 Å². The molecule has 3 aromatic carbocycles. The minimum absolute atomic E-state index is 0.208. The van der Waals surface area contributed by atoms with Gasteiger partial charge in [-0.1, -0.05) is 44.2 Å². The molecule has 176 valence electrons. The van der Waals surface area contributed by atoms with Crippen molar-refractivity contribution < 1.29 is 4.74 Å². The maximum Gasteiger partial charge on any atom is 0.282 e. The van der Waals surface area contributed by atoms with E-state index in [0.29, 0.717) is 16.7 Å². The predicted molar refractivity (Wildman–Crippen MR) is 143 cm³/mol. The number of para-hydroxylation sites is 2. The minimum atomic E-state index is -0.208. The zero-order valence-electron chi connectivity index (χ0n) is 20.6. The lowest BCUT2D eigenvalue weighted by molar-refractivity contribution is 0.407. The molecule has 0 radical (unpaired) electrons. The molecular formula is C29H28N4O2. The number of fused-ring (bicyclic) bond motifs is 2. The Kier molecular flexibility index (Phi) is 5.73. The van der Waals surface area contributed by atoms with E-state index >= 15 is 0 Å². The predicted octanol–water partition coefficient (Wildman–Crippen LogP) is 6.18. The van der Waals surface area contributed by atoms with Crippen LogP contribution in [0, 0.1) is 13.8 Å². The van der Waals surface area contributed by atoms with Crippen LogP contribution in [0.1, 0.15) is 42.1 Å². The molecule has 2 heterocycles. The second-order valence-electron chi connectivity index (χ2n) is 9.09. The normalized spacial score (nSPS) is 11.8. The molecule has 0 spiro atoms. The minimum Gasteiger partial charge on any atom is -0.496 e. The smallest absolute Gasteiger partial charge is 0.282 e. The summed E-state index contributed by atoms with van der Waals surface area (Å²) in [4.78, 5) is 22.0. The third kappa shape index (κ3) is 3.91. The van der Waals surface area contributed by atoms with Gasteiger partial charge in [0.1, 0.15) is 5.75 Å². The van der Waals surface area contributed by atoms with Crippen LogP contribution < -0.4 is 10.3 Å². The zero-order valence-corrected chi connectivity index (χ0v) is 20.6. The van der Waals surface area contributed by atoms with Gasteiger partial charge in [0.25, 0.3) is 5.56 Å². The number of benzene rings is 3. The summed E-state index contributed by atoms with van der Waals surface area (Å²) in [5.74, 6) is 1.57. The lowest BCUT2D eigenvalue weighted by Gasteiger charge is -2.17. The Morgan fingerprint density at radius 3 is 2.49 bits per heavy atom. The first-order chi connectivity index (χ1) is 16.9. The van der Waals surface area contributed by atoms with Crippen molar-refractivity contribution in [3.05, 3.63) is 93.4 Å². The lowest BCUT2D eigenvalue weighted by Crippen LogP contribution is -2.21. The largest absolute Gasteiger partial charge is 0.496 e. The molecule has 6 nitrogen and oxygen atoms in total. The maximum absolute atomic E-state index is 13.7. The van der Waals surface area contributed by atoms with Crippen molar-refractivity contribution >= 4 is 28.0 Å². The van der Waals surface area contributed by atoms with E-state index in [1.165, 1.54) is 4.68 Å². The van der Waals surface area contributed by atoms with Crippen molar-refractivity contribution in [1.29, 1.82) is 0 Å². The maximum atomic E-state index is 13.7. The fraction of sp³-hybridized carbons (Fsp3) is 0.207. The molecule has 6 heteroatoms. The highest BCUT2D eigenvalue weighted by Crippen LogP contribution is 2.34. The summed E-state index contributed by atoms with van der Waals surface area (Å²) < 4.78 is 7.05. The van der Waals surface area contributed by atoms with Crippen molar-refractivity contribution in [2.24, 2.45) is 5.10 Å². The molecular weight excluding hydrogens is 436 g/mol. The molecule has 0 bridgehead atoms. The molecule has 0 saturated heterocycles. The van der Waals surface area contributed by atoms with E-state index in [1.807, 2.05) is 62.4 Å². The zero-order chi connectivity index (χ0) is 24.7. The average molecular weight is 465 g/mol. The Balaban J connectivity index is 1.78. The van der Waals surface area contributed by atoms with Crippen LogP contribution >= 0.6 is 0 Å². The van der Waals surface area contributed by atoms with Gasteiger partial charge in [-0.3, -0.25) is 4.79 Å². The molecule has 0 unspecified atom stereocenters. The quantitative estimate of drug-likeness (QED) is 0.316. The van der Waals surface area contributed by atoms with Crippen LogP contribution in [0.15, 0.2) is 70.6 Å². The first kappa shape index (κ1) is 22.6. The Morgan fingerprint density at radius 2 is 1.74 bits per heavy atom. The van der Waals surface area contributed by atoms with Gasteiger partial charge < -0.3 is 9.72 Å². The van der Waals surface area contributed by atoms with Crippen LogP contribution in [0.4, 0.5) is 0 Å². The van der Waals surface area contributed by atoms with Crippen LogP contribution in [0.3, 0.4) is 0 Å². The van der Waals surface area contributed by atoms with Crippen LogP contribution in [0.25, 0.3) is 33.2 Å². The summed E-state index contributed by atoms with van der Waals surface area (Å²) >= 11 is 0. The summed E-state index contributed by atoms with van der Waals surface area (Å²) in [5, 5.41) is 6.29. The first-order valence-electron chi connectivity index (χ1n) is 11.7. The van der Waals surface area contributed by atoms with Gasteiger partial charge >= 0.3 is 0 Å². The van der Waals surface area contributed by atoms with Gasteiger partial charge in [0.2, 0.25) is 0 Å². The highest BCUT2D eigenvalue weighted by Gasteiger charge is 2.18. The van der Waals surface area contributed by atoms with Gasteiger partial charge in [-0.2, -0.15) is 9.78 Å².